The Morgan fingerprint density at radius 3 is 2.42 bits per heavy atom. The van der Waals surface area contributed by atoms with Gasteiger partial charge >= 0.3 is 0 Å². The van der Waals surface area contributed by atoms with E-state index in [1.165, 1.54) is 62.4 Å². The summed E-state index contributed by atoms with van der Waals surface area (Å²) < 4.78 is 27.6. The third-order valence-electron chi connectivity index (χ3n) is 5.12. The van der Waals surface area contributed by atoms with Gasteiger partial charge in [0.05, 0.1) is 10.6 Å². The summed E-state index contributed by atoms with van der Waals surface area (Å²) in [5, 5.41) is 4.33. The van der Waals surface area contributed by atoms with Crippen LogP contribution in [-0.4, -0.2) is 38.4 Å². The Labute approximate surface area is 198 Å². The Balaban J connectivity index is 1.68. The molecule has 0 aliphatic heterocycles. The number of carbonyl (C=O) groups excluding carboxylic acids is 1. The lowest BCUT2D eigenvalue weighted by molar-refractivity contribution is -0.119. The van der Waals surface area contributed by atoms with Gasteiger partial charge in [0.1, 0.15) is 6.54 Å². The topological polar surface area (TPSA) is 66.5 Å². The number of sulfonamides is 1. The fourth-order valence-corrected chi connectivity index (χ4v) is 6.46. The van der Waals surface area contributed by atoms with E-state index in [0.717, 1.165) is 10.1 Å². The Morgan fingerprint density at radius 1 is 1.03 bits per heavy atom. The van der Waals surface area contributed by atoms with Crippen LogP contribution in [0.2, 0.25) is 10.0 Å². The minimum Gasteiger partial charge on any atom is -0.354 e. The predicted octanol–water partition coefficient (Wildman–Crippen LogP) is 5.37. The average Bonchev–Trinajstić information content (AvgIpc) is 2.76. The lowest BCUT2D eigenvalue weighted by Gasteiger charge is -2.24. The molecule has 0 bridgehead atoms. The van der Waals surface area contributed by atoms with Crippen molar-refractivity contribution >= 4 is 56.6 Å². The molecular formula is C22H26Cl2N2O3S2. The van der Waals surface area contributed by atoms with Crippen molar-refractivity contribution in [2.24, 2.45) is 0 Å². The van der Waals surface area contributed by atoms with E-state index in [2.05, 4.69) is 5.32 Å². The molecule has 0 heterocycles. The fourth-order valence-electron chi connectivity index (χ4n) is 3.51. The summed E-state index contributed by atoms with van der Waals surface area (Å²) in [7, 11) is -3.98. The second kappa shape index (κ2) is 11.5. The van der Waals surface area contributed by atoms with Gasteiger partial charge < -0.3 is 5.32 Å². The van der Waals surface area contributed by atoms with E-state index in [1.807, 2.05) is 11.8 Å². The largest absolute Gasteiger partial charge is 0.354 e. The molecule has 1 N–H and O–H groups in total. The van der Waals surface area contributed by atoms with Gasteiger partial charge in [-0.05, 0) is 55.3 Å². The Kier molecular flexibility index (Phi) is 8.95. The molecule has 5 nitrogen and oxygen atoms in total. The SMILES string of the molecule is O=C(CN(c1cccc(Cl)c1)S(=O)(=O)c1ccc(Cl)cc1)NCCSC1CCCCC1. The number of hydrogen-bond acceptors (Lipinski definition) is 4. The van der Waals surface area contributed by atoms with Gasteiger partial charge in [-0.2, -0.15) is 11.8 Å². The molecule has 0 spiro atoms. The molecule has 1 aliphatic carbocycles. The maximum absolute atomic E-state index is 13.3. The Morgan fingerprint density at radius 2 is 1.74 bits per heavy atom. The van der Waals surface area contributed by atoms with Crippen molar-refractivity contribution in [2.45, 2.75) is 42.2 Å². The molecule has 2 aromatic carbocycles. The summed E-state index contributed by atoms with van der Waals surface area (Å²) in [6.45, 7) is 0.170. The van der Waals surface area contributed by atoms with E-state index in [9.17, 15) is 13.2 Å². The van der Waals surface area contributed by atoms with Gasteiger partial charge in [0.25, 0.3) is 10.0 Å². The normalized spacial score (nSPS) is 14.9. The third kappa shape index (κ3) is 7.04. The van der Waals surface area contributed by atoms with E-state index in [-0.39, 0.29) is 17.3 Å². The van der Waals surface area contributed by atoms with E-state index in [4.69, 9.17) is 23.2 Å². The molecule has 0 unspecified atom stereocenters. The second-order valence-electron chi connectivity index (χ2n) is 7.43. The van der Waals surface area contributed by atoms with Crippen LogP contribution in [0.25, 0.3) is 0 Å². The van der Waals surface area contributed by atoms with Crippen molar-refractivity contribution in [3.8, 4) is 0 Å². The van der Waals surface area contributed by atoms with Gasteiger partial charge in [-0.25, -0.2) is 8.42 Å². The van der Waals surface area contributed by atoms with Crippen molar-refractivity contribution in [1.29, 1.82) is 0 Å². The van der Waals surface area contributed by atoms with Crippen LogP contribution in [0.4, 0.5) is 5.69 Å². The van der Waals surface area contributed by atoms with Crippen LogP contribution >= 0.6 is 35.0 Å². The minimum absolute atomic E-state index is 0.0533. The van der Waals surface area contributed by atoms with Crippen LogP contribution in [0.1, 0.15) is 32.1 Å². The first-order valence-corrected chi connectivity index (χ1v) is 13.5. The molecule has 1 fully saturated rings. The summed E-state index contributed by atoms with van der Waals surface area (Å²) in [6.07, 6.45) is 6.35. The number of thioether (sulfide) groups is 1. The molecule has 1 aliphatic rings. The highest BCUT2D eigenvalue weighted by molar-refractivity contribution is 7.99. The lowest BCUT2D eigenvalue weighted by Crippen LogP contribution is -2.41. The van der Waals surface area contributed by atoms with Gasteiger partial charge in [0, 0.05) is 27.6 Å². The smallest absolute Gasteiger partial charge is 0.264 e. The van der Waals surface area contributed by atoms with Gasteiger partial charge in [0.15, 0.2) is 0 Å². The van der Waals surface area contributed by atoms with Crippen LogP contribution in [0, 0.1) is 0 Å². The number of amides is 1. The Bertz CT molecular complexity index is 979. The quantitative estimate of drug-likeness (QED) is 0.469. The van der Waals surface area contributed by atoms with Crippen LogP contribution in [0.3, 0.4) is 0 Å². The van der Waals surface area contributed by atoms with Crippen LogP contribution in [0.5, 0.6) is 0 Å². The van der Waals surface area contributed by atoms with Gasteiger partial charge in [-0.3, -0.25) is 9.10 Å². The number of hydrogen-bond donors (Lipinski definition) is 1. The first-order chi connectivity index (χ1) is 14.9. The number of halogens is 2. The molecule has 9 heteroatoms. The number of nitrogens with zero attached hydrogens (tertiary/aromatic N) is 1. The summed E-state index contributed by atoms with van der Waals surface area (Å²) in [4.78, 5) is 12.7. The highest BCUT2D eigenvalue weighted by atomic mass is 35.5. The molecule has 0 aromatic heterocycles. The second-order valence-corrected chi connectivity index (χ2v) is 11.6. The van der Waals surface area contributed by atoms with Crippen LogP contribution in [-0.2, 0) is 14.8 Å². The van der Waals surface area contributed by atoms with Crippen molar-refractivity contribution in [1.82, 2.24) is 5.32 Å². The lowest BCUT2D eigenvalue weighted by atomic mass is 10.0. The number of anilines is 1. The summed E-state index contributed by atoms with van der Waals surface area (Å²) >= 11 is 13.9. The predicted molar refractivity (Wildman–Crippen MR) is 130 cm³/mol. The maximum Gasteiger partial charge on any atom is 0.264 e. The van der Waals surface area contributed by atoms with Crippen LogP contribution < -0.4 is 9.62 Å². The first kappa shape index (κ1) is 24.2. The fraction of sp³-hybridized carbons (Fsp3) is 0.409. The maximum atomic E-state index is 13.3. The molecule has 0 radical (unpaired) electrons. The Hall–Kier alpha value is -1.41. The average molecular weight is 502 g/mol. The zero-order valence-electron chi connectivity index (χ0n) is 17.1. The number of benzene rings is 2. The molecule has 0 saturated heterocycles. The zero-order chi connectivity index (χ0) is 22.3. The summed E-state index contributed by atoms with van der Waals surface area (Å²) in [5.74, 6) is 0.457. The number of carbonyl (C=O) groups is 1. The van der Waals surface area contributed by atoms with E-state index in [0.29, 0.717) is 27.5 Å². The highest BCUT2D eigenvalue weighted by Gasteiger charge is 2.27. The molecule has 1 amide bonds. The van der Waals surface area contributed by atoms with Gasteiger partial charge in [-0.15, -0.1) is 0 Å². The molecule has 1 saturated carbocycles. The number of nitrogens with one attached hydrogen (secondary N) is 1. The number of rotatable bonds is 9. The van der Waals surface area contributed by atoms with E-state index in [1.54, 1.807) is 18.2 Å². The first-order valence-electron chi connectivity index (χ1n) is 10.3. The van der Waals surface area contributed by atoms with Gasteiger partial charge in [-0.1, -0.05) is 48.5 Å². The minimum atomic E-state index is -3.98. The molecular weight excluding hydrogens is 475 g/mol. The standard InChI is InChI=1S/C22H26Cl2N2O3S2/c23-17-9-11-21(12-10-17)31(28,29)26(19-6-4-5-18(24)15-19)16-22(27)25-13-14-30-20-7-2-1-3-8-20/h4-6,9-12,15,20H,1-3,7-8,13-14,16H2,(H,25,27). The van der Waals surface area contributed by atoms with Crippen molar-refractivity contribution < 1.29 is 13.2 Å². The molecule has 3 rings (SSSR count). The zero-order valence-corrected chi connectivity index (χ0v) is 20.2. The van der Waals surface area contributed by atoms with Gasteiger partial charge in [0.2, 0.25) is 5.91 Å². The summed E-state index contributed by atoms with van der Waals surface area (Å²) in [6, 6.07) is 12.3. The van der Waals surface area contributed by atoms with Crippen molar-refractivity contribution in [2.75, 3.05) is 23.1 Å². The molecule has 2 aromatic rings. The van der Waals surface area contributed by atoms with Crippen molar-refractivity contribution in [3.63, 3.8) is 0 Å². The molecule has 31 heavy (non-hydrogen) atoms. The van der Waals surface area contributed by atoms with Crippen molar-refractivity contribution in [3.05, 3.63) is 58.6 Å². The molecule has 0 atom stereocenters. The monoisotopic (exact) mass is 500 g/mol. The summed E-state index contributed by atoms with van der Waals surface area (Å²) in [5.41, 5.74) is 0.328. The third-order valence-corrected chi connectivity index (χ3v) is 8.77. The highest BCUT2D eigenvalue weighted by Crippen LogP contribution is 2.28. The van der Waals surface area contributed by atoms with E-state index >= 15 is 0 Å². The van der Waals surface area contributed by atoms with Crippen LogP contribution in [0.15, 0.2) is 53.4 Å². The molecule has 168 valence electrons. The van der Waals surface area contributed by atoms with E-state index < -0.39 is 10.0 Å².